The Bertz CT molecular complexity index is 1150. The van der Waals surface area contributed by atoms with Crippen molar-refractivity contribution in [2.24, 2.45) is 0 Å². The molecule has 1 radical (unpaired) electrons. The van der Waals surface area contributed by atoms with Crippen LogP contribution in [0.25, 0.3) is 5.76 Å². The van der Waals surface area contributed by atoms with Crippen LogP contribution in [0.5, 0.6) is 5.75 Å². The van der Waals surface area contributed by atoms with Crippen molar-refractivity contribution in [2.75, 3.05) is 13.1 Å². The van der Waals surface area contributed by atoms with Gasteiger partial charge in [-0.1, -0.05) is 31.9 Å². The number of piperidine rings is 1. The normalized spacial score (nSPS) is 17.9. The Labute approximate surface area is 216 Å². The Balaban J connectivity index is 0.00000432. The summed E-state index contributed by atoms with van der Waals surface area (Å²) in [6.45, 7) is 12.4. The van der Waals surface area contributed by atoms with Gasteiger partial charge < -0.3 is 18.6 Å². The second kappa shape index (κ2) is 9.58. The molecule has 1 fully saturated rings. The van der Waals surface area contributed by atoms with Crippen LogP contribution in [0, 0.1) is 26.8 Å². The average Bonchev–Trinajstić information content (AvgIpc) is 2.69. The van der Waals surface area contributed by atoms with Crippen LogP contribution >= 0.6 is 0 Å². The smallest absolute Gasteiger partial charge is 0.527 e. The summed E-state index contributed by atoms with van der Waals surface area (Å²) < 4.78 is 80.0. The number of fused-ring (bicyclic) bond motifs is 1. The van der Waals surface area contributed by atoms with Gasteiger partial charge in [0.1, 0.15) is 11.2 Å². The van der Waals surface area contributed by atoms with E-state index in [4.69, 9.17) is 13.7 Å². The first-order chi connectivity index (χ1) is 15.4. The summed E-state index contributed by atoms with van der Waals surface area (Å²) >= 11 is 0. The van der Waals surface area contributed by atoms with Gasteiger partial charge in [-0.15, -0.1) is 17.2 Å². The molecule has 35 heavy (non-hydrogen) atoms. The van der Waals surface area contributed by atoms with Crippen LogP contribution in [-0.2, 0) is 38.5 Å². The number of rotatable bonds is 2. The predicted octanol–water partition coefficient (Wildman–Crippen LogP) is 5.17. The molecule has 3 rings (SSSR count). The molecule has 2 heterocycles. The summed E-state index contributed by atoms with van der Waals surface area (Å²) in [5.74, 6) is -0.206. The molecular formula is C23H29F3NO6RuS. The third-order valence-electron chi connectivity index (χ3n) is 6.25. The molecule has 0 saturated carbocycles. The number of halogens is 3. The number of ether oxygens (including phenoxy) is 2. The summed E-state index contributed by atoms with van der Waals surface area (Å²) in [6.07, 6.45) is -0.0849. The standard InChI is InChI=1S/C23H29F3NO6S.Ru/c1-13-12-17-18(15(3)14(13)2)31-22(16(4)19(17)33-34(29,30)23(24,25)26)8-10-27(11-9-22)20(28)32-21(5,6)7;/h8-11H2,1-7H3;/q-1;+1. The summed E-state index contributed by atoms with van der Waals surface area (Å²) in [7, 11) is -5.93. The van der Waals surface area contributed by atoms with E-state index in [1.807, 2.05) is 6.92 Å². The monoisotopic (exact) mass is 606 g/mol. The third kappa shape index (κ3) is 5.63. The Morgan fingerprint density at radius 3 is 2.09 bits per heavy atom. The molecule has 0 bridgehead atoms. The van der Waals surface area contributed by atoms with Gasteiger partial charge in [0.25, 0.3) is 0 Å². The summed E-state index contributed by atoms with van der Waals surface area (Å²) in [4.78, 5) is 14.0. The van der Waals surface area contributed by atoms with Crippen LogP contribution in [0.2, 0.25) is 0 Å². The number of amides is 1. The molecule has 197 valence electrons. The van der Waals surface area contributed by atoms with Gasteiger partial charge in [-0.05, 0) is 33.3 Å². The number of carbonyl (C=O) groups excluding carboxylic acids is 1. The van der Waals surface area contributed by atoms with Crippen molar-refractivity contribution in [3.05, 3.63) is 33.9 Å². The number of alkyl halides is 3. The Kier molecular flexibility index (Phi) is 8.05. The maximum Gasteiger partial charge on any atom is 1.00 e. The SMILES string of the molecule is CC1=C(OS(=O)(=O)C(F)(F)F)c2[c-]c(C)c(C)c(C)c2OC12CCN(C(=O)OC(C)(C)C)CC2.[Ru+]. The van der Waals surface area contributed by atoms with Crippen molar-refractivity contribution in [3.63, 3.8) is 0 Å². The summed E-state index contributed by atoms with van der Waals surface area (Å²) in [5.41, 5.74) is -5.09. The van der Waals surface area contributed by atoms with Crippen LogP contribution in [0.4, 0.5) is 18.0 Å². The van der Waals surface area contributed by atoms with E-state index in [1.54, 1.807) is 34.6 Å². The second-order valence-electron chi connectivity index (χ2n) is 9.71. The molecule has 1 amide bonds. The molecule has 1 spiro atoms. The van der Waals surface area contributed by atoms with Crippen LogP contribution in [0.1, 0.15) is 62.8 Å². The molecular weight excluding hydrogens is 576 g/mol. The number of nitrogens with zero attached hydrogens (tertiary/aromatic N) is 1. The third-order valence-corrected chi connectivity index (χ3v) is 7.21. The van der Waals surface area contributed by atoms with Gasteiger partial charge in [0.05, 0.1) is 5.76 Å². The van der Waals surface area contributed by atoms with E-state index in [0.29, 0.717) is 11.1 Å². The van der Waals surface area contributed by atoms with Crippen LogP contribution in [0.15, 0.2) is 5.57 Å². The van der Waals surface area contributed by atoms with E-state index in [1.165, 1.54) is 11.8 Å². The number of hydrogen-bond acceptors (Lipinski definition) is 6. The van der Waals surface area contributed by atoms with Gasteiger partial charge in [0, 0.05) is 31.7 Å². The van der Waals surface area contributed by atoms with Gasteiger partial charge >= 0.3 is 41.2 Å². The second-order valence-corrected chi connectivity index (χ2v) is 11.2. The van der Waals surface area contributed by atoms with Crippen molar-refractivity contribution >= 4 is 22.0 Å². The van der Waals surface area contributed by atoms with Gasteiger partial charge in [0.2, 0.25) is 0 Å². The zero-order chi connectivity index (χ0) is 25.9. The van der Waals surface area contributed by atoms with E-state index in [2.05, 4.69) is 6.07 Å². The molecule has 0 aliphatic carbocycles. The maximum atomic E-state index is 13.2. The molecule has 2 aliphatic rings. The molecule has 2 aliphatic heterocycles. The van der Waals surface area contributed by atoms with Crippen molar-refractivity contribution in [1.29, 1.82) is 0 Å². The van der Waals surface area contributed by atoms with Gasteiger partial charge in [0.15, 0.2) is 0 Å². The maximum absolute atomic E-state index is 13.2. The number of aryl methyl sites for hydroxylation is 1. The number of carbonyl (C=O) groups is 1. The molecule has 1 aromatic rings. The molecule has 0 atom stereocenters. The van der Waals surface area contributed by atoms with Crippen molar-refractivity contribution in [2.45, 2.75) is 78.0 Å². The van der Waals surface area contributed by atoms with Gasteiger partial charge in [-0.3, -0.25) is 0 Å². The van der Waals surface area contributed by atoms with E-state index >= 15 is 0 Å². The van der Waals surface area contributed by atoms with Crippen LogP contribution in [-0.4, -0.2) is 49.2 Å². The fourth-order valence-electron chi connectivity index (χ4n) is 4.05. The van der Waals surface area contributed by atoms with E-state index in [9.17, 15) is 26.4 Å². The molecule has 0 aromatic heterocycles. The minimum absolute atomic E-state index is 0. The number of hydrogen-bond donors (Lipinski definition) is 0. The van der Waals surface area contributed by atoms with E-state index < -0.39 is 38.7 Å². The van der Waals surface area contributed by atoms with Crippen molar-refractivity contribution in [1.82, 2.24) is 4.90 Å². The first kappa shape index (κ1) is 29.4. The Morgan fingerprint density at radius 2 is 1.60 bits per heavy atom. The quantitative estimate of drug-likeness (QED) is 0.200. The van der Waals surface area contributed by atoms with Crippen molar-refractivity contribution < 1.29 is 59.5 Å². The largest absolute Gasteiger partial charge is 1.00 e. The topological polar surface area (TPSA) is 82.1 Å². The molecule has 0 N–H and O–H groups in total. The number of benzene rings is 1. The van der Waals surface area contributed by atoms with Crippen LogP contribution in [0.3, 0.4) is 0 Å². The van der Waals surface area contributed by atoms with Gasteiger partial charge in [-0.2, -0.15) is 21.6 Å². The summed E-state index contributed by atoms with van der Waals surface area (Å²) in [6, 6.07) is 2.94. The minimum Gasteiger partial charge on any atom is -0.527 e. The zero-order valence-electron chi connectivity index (χ0n) is 20.6. The van der Waals surface area contributed by atoms with Crippen LogP contribution < -0.4 is 4.74 Å². The fourth-order valence-corrected chi connectivity index (χ4v) is 4.57. The van der Waals surface area contributed by atoms with E-state index in [-0.39, 0.29) is 62.3 Å². The molecule has 12 heteroatoms. The van der Waals surface area contributed by atoms with Crippen molar-refractivity contribution in [3.8, 4) is 5.75 Å². The Morgan fingerprint density at radius 1 is 1.06 bits per heavy atom. The minimum atomic E-state index is -5.93. The predicted molar refractivity (Wildman–Crippen MR) is 119 cm³/mol. The molecule has 7 nitrogen and oxygen atoms in total. The molecule has 1 saturated heterocycles. The molecule has 1 aromatic carbocycles. The van der Waals surface area contributed by atoms with Gasteiger partial charge in [-0.25, -0.2) is 4.79 Å². The Hall–Kier alpha value is -1.81. The first-order valence-corrected chi connectivity index (χ1v) is 12.2. The first-order valence-electron chi connectivity index (χ1n) is 10.8. The molecule has 0 unspecified atom stereocenters. The summed E-state index contributed by atoms with van der Waals surface area (Å²) in [5, 5.41) is 0. The zero-order valence-corrected chi connectivity index (χ0v) is 23.2. The number of likely N-dealkylation sites (tertiary alicyclic amines) is 1. The average molecular weight is 606 g/mol. The van der Waals surface area contributed by atoms with E-state index in [0.717, 1.165) is 5.56 Å². The fraction of sp³-hybridized carbons (Fsp3) is 0.609.